The number of nitrogens with one attached hydrogen (secondary N) is 1. The summed E-state index contributed by atoms with van der Waals surface area (Å²) in [6.45, 7) is 5.08. The van der Waals surface area contributed by atoms with Crippen molar-refractivity contribution in [3.05, 3.63) is 41.9 Å². The van der Waals surface area contributed by atoms with Gasteiger partial charge in [0, 0.05) is 6.54 Å². The lowest BCUT2D eigenvalue weighted by atomic mass is 10.2. The Kier molecular flexibility index (Phi) is 7.06. The lowest BCUT2D eigenvalue weighted by Gasteiger charge is -2.13. The molecule has 0 fully saturated rings. The van der Waals surface area contributed by atoms with Gasteiger partial charge < -0.3 is 14.8 Å². The summed E-state index contributed by atoms with van der Waals surface area (Å²) < 4.78 is 48.6. The van der Waals surface area contributed by atoms with Gasteiger partial charge in [-0.25, -0.2) is 9.97 Å². The van der Waals surface area contributed by atoms with Crippen LogP contribution in [0.25, 0.3) is 0 Å². The molecule has 0 saturated heterocycles. The zero-order chi connectivity index (χ0) is 19.0. The van der Waals surface area contributed by atoms with Gasteiger partial charge >= 0.3 is 6.18 Å². The maximum absolute atomic E-state index is 12.5. The molecule has 142 valence electrons. The topological polar surface area (TPSA) is 56.3 Å². The molecule has 1 heterocycles. The molecule has 0 atom stereocenters. The van der Waals surface area contributed by atoms with E-state index in [-0.39, 0.29) is 13.2 Å². The smallest absolute Gasteiger partial charge is 0.416 e. The van der Waals surface area contributed by atoms with Gasteiger partial charge in [0.2, 0.25) is 0 Å². The van der Waals surface area contributed by atoms with Gasteiger partial charge in [-0.1, -0.05) is 13.3 Å². The van der Waals surface area contributed by atoms with Gasteiger partial charge in [-0.05, 0) is 37.6 Å². The Morgan fingerprint density at radius 1 is 1.08 bits per heavy atom. The summed E-state index contributed by atoms with van der Waals surface area (Å²) in [6, 6.07) is 4.55. The maximum Gasteiger partial charge on any atom is 0.416 e. The number of alkyl halides is 3. The Morgan fingerprint density at radius 3 is 2.42 bits per heavy atom. The molecule has 1 aromatic heterocycles. The fourth-order valence-corrected chi connectivity index (χ4v) is 2.13. The second-order valence-corrected chi connectivity index (χ2v) is 5.63. The second kappa shape index (κ2) is 9.26. The van der Waals surface area contributed by atoms with Crippen molar-refractivity contribution in [2.45, 2.75) is 32.9 Å². The largest absolute Gasteiger partial charge is 0.490 e. The van der Waals surface area contributed by atoms with Crippen molar-refractivity contribution in [1.82, 2.24) is 9.97 Å². The van der Waals surface area contributed by atoms with Crippen molar-refractivity contribution in [3.63, 3.8) is 0 Å². The highest BCUT2D eigenvalue weighted by atomic mass is 19.4. The number of hydrogen-bond acceptors (Lipinski definition) is 5. The molecule has 0 unspecified atom stereocenters. The van der Waals surface area contributed by atoms with Crippen LogP contribution in [0.2, 0.25) is 0 Å². The minimum atomic E-state index is -4.35. The summed E-state index contributed by atoms with van der Waals surface area (Å²) in [5.41, 5.74) is -0.708. The summed E-state index contributed by atoms with van der Waals surface area (Å²) in [4.78, 5) is 8.43. The fraction of sp³-hybridized carbons (Fsp3) is 0.444. The molecule has 0 amide bonds. The van der Waals surface area contributed by atoms with Crippen molar-refractivity contribution in [3.8, 4) is 11.5 Å². The van der Waals surface area contributed by atoms with E-state index in [0.717, 1.165) is 31.5 Å². The first kappa shape index (κ1) is 19.8. The highest BCUT2D eigenvalue weighted by Gasteiger charge is 2.29. The van der Waals surface area contributed by atoms with E-state index < -0.39 is 11.7 Å². The number of benzene rings is 1. The molecule has 0 saturated carbocycles. The third-order valence-corrected chi connectivity index (χ3v) is 3.49. The molecule has 1 N–H and O–H groups in total. The van der Waals surface area contributed by atoms with E-state index in [1.807, 2.05) is 0 Å². The molecule has 0 spiro atoms. The molecule has 0 aliphatic carbocycles. The van der Waals surface area contributed by atoms with Crippen molar-refractivity contribution < 1.29 is 22.6 Å². The average Bonchev–Trinajstić information content (AvgIpc) is 2.60. The van der Waals surface area contributed by atoms with E-state index in [4.69, 9.17) is 9.47 Å². The molecular formula is C18H22F3N3O2. The molecule has 8 heteroatoms. The third kappa shape index (κ3) is 6.09. The second-order valence-electron chi connectivity index (χ2n) is 5.63. The van der Waals surface area contributed by atoms with Gasteiger partial charge in [-0.3, -0.25) is 0 Å². The van der Waals surface area contributed by atoms with Crippen LogP contribution in [0.3, 0.4) is 0 Å². The lowest BCUT2D eigenvalue weighted by Crippen LogP contribution is -2.12. The number of hydrogen-bond donors (Lipinski definition) is 1. The number of aromatic nitrogens is 2. The third-order valence-electron chi connectivity index (χ3n) is 3.49. The highest BCUT2D eigenvalue weighted by molar-refractivity contribution is 5.48. The van der Waals surface area contributed by atoms with Crippen molar-refractivity contribution >= 4 is 5.82 Å². The number of halogens is 3. The number of anilines is 1. The summed E-state index contributed by atoms with van der Waals surface area (Å²) >= 11 is 0. The quantitative estimate of drug-likeness (QED) is 0.661. The first-order valence-electron chi connectivity index (χ1n) is 8.40. The van der Waals surface area contributed by atoms with Crippen LogP contribution in [0, 0.1) is 6.92 Å². The average molecular weight is 369 g/mol. The van der Waals surface area contributed by atoms with E-state index in [1.54, 1.807) is 13.1 Å². The van der Waals surface area contributed by atoms with Gasteiger partial charge in [-0.2, -0.15) is 13.2 Å². The minimum absolute atomic E-state index is 0.188. The number of ether oxygens (including phenoxy) is 2. The molecule has 2 rings (SSSR count). The van der Waals surface area contributed by atoms with E-state index in [1.165, 1.54) is 12.1 Å². The fourth-order valence-electron chi connectivity index (χ4n) is 2.13. The van der Waals surface area contributed by atoms with Gasteiger partial charge in [0.15, 0.2) is 11.6 Å². The number of aryl methyl sites for hydroxylation is 1. The monoisotopic (exact) mass is 369 g/mol. The van der Waals surface area contributed by atoms with Gasteiger partial charge in [0.05, 0.1) is 11.8 Å². The van der Waals surface area contributed by atoms with Crippen LogP contribution in [0.1, 0.15) is 31.2 Å². The van der Waals surface area contributed by atoms with Crippen LogP contribution in [0.4, 0.5) is 19.0 Å². The van der Waals surface area contributed by atoms with Crippen LogP contribution >= 0.6 is 0 Å². The Bertz CT molecular complexity index is 691. The molecule has 1 aromatic carbocycles. The normalized spacial score (nSPS) is 11.3. The van der Waals surface area contributed by atoms with Crippen molar-refractivity contribution in [1.29, 1.82) is 0 Å². The van der Waals surface area contributed by atoms with Crippen molar-refractivity contribution in [2.24, 2.45) is 0 Å². The Balaban J connectivity index is 1.84. The van der Waals surface area contributed by atoms with Gasteiger partial charge in [0.1, 0.15) is 24.8 Å². The zero-order valence-corrected chi connectivity index (χ0v) is 14.8. The summed E-state index contributed by atoms with van der Waals surface area (Å²) in [5.74, 6) is 2.13. The van der Waals surface area contributed by atoms with E-state index in [2.05, 4.69) is 22.2 Å². The van der Waals surface area contributed by atoms with Crippen molar-refractivity contribution in [2.75, 3.05) is 25.1 Å². The van der Waals surface area contributed by atoms with E-state index >= 15 is 0 Å². The molecule has 2 aromatic rings. The maximum atomic E-state index is 12.5. The molecule has 5 nitrogen and oxygen atoms in total. The summed E-state index contributed by atoms with van der Waals surface area (Å²) in [7, 11) is 0. The Labute approximate surface area is 150 Å². The predicted octanol–water partition coefficient (Wildman–Crippen LogP) is 4.47. The number of unbranched alkanes of at least 4 members (excludes halogenated alkanes) is 1. The standard InChI is InChI=1S/C18H22F3N3O2/c1-3-4-9-22-17-16(12-23-13(2)24-17)26-11-10-25-15-7-5-14(6-8-15)18(19,20)21/h5-8,12H,3-4,9-11H2,1-2H3,(H,22,23,24). The number of rotatable bonds is 9. The molecule has 0 radical (unpaired) electrons. The zero-order valence-electron chi connectivity index (χ0n) is 14.8. The van der Waals surface area contributed by atoms with Gasteiger partial charge in [0.25, 0.3) is 0 Å². The summed E-state index contributed by atoms with van der Waals surface area (Å²) in [6.07, 6.45) is -0.684. The summed E-state index contributed by atoms with van der Waals surface area (Å²) in [5, 5.41) is 3.21. The predicted molar refractivity (Wildman–Crippen MR) is 92.6 cm³/mol. The van der Waals surface area contributed by atoms with Gasteiger partial charge in [-0.15, -0.1) is 0 Å². The molecule has 0 aliphatic rings. The lowest BCUT2D eigenvalue weighted by molar-refractivity contribution is -0.137. The Hall–Kier alpha value is -2.51. The van der Waals surface area contributed by atoms with Crippen LogP contribution in [-0.2, 0) is 6.18 Å². The van der Waals surface area contributed by atoms with Crippen LogP contribution in [0.15, 0.2) is 30.5 Å². The SMILES string of the molecule is CCCCNc1nc(C)ncc1OCCOc1ccc(C(F)(F)F)cc1. The van der Waals surface area contributed by atoms with Crippen LogP contribution in [0.5, 0.6) is 11.5 Å². The molecular weight excluding hydrogens is 347 g/mol. The van der Waals surface area contributed by atoms with E-state index in [9.17, 15) is 13.2 Å². The number of nitrogens with zero attached hydrogens (tertiary/aromatic N) is 2. The molecule has 0 bridgehead atoms. The molecule has 0 aliphatic heterocycles. The minimum Gasteiger partial charge on any atom is -0.490 e. The van der Waals surface area contributed by atoms with E-state index in [0.29, 0.717) is 23.1 Å². The first-order valence-corrected chi connectivity index (χ1v) is 8.40. The first-order chi connectivity index (χ1) is 12.4. The van der Waals surface area contributed by atoms with Crippen LogP contribution in [-0.4, -0.2) is 29.7 Å². The Morgan fingerprint density at radius 2 is 1.77 bits per heavy atom. The molecule has 26 heavy (non-hydrogen) atoms. The highest BCUT2D eigenvalue weighted by Crippen LogP contribution is 2.30. The van der Waals surface area contributed by atoms with Crippen LogP contribution < -0.4 is 14.8 Å².